The fourth-order valence-electron chi connectivity index (χ4n) is 6.30. The lowest BCUT2D eigenvalue weighted by atomic mass is 10.0. The Kier molecular flexibility index (Phi) is 6.51. The van der Waals surface area contributed by atoms with Crippen molar-refractivity contribution in [2.45, 2.75) is 12.4 Å². The van der Waals surface area contributed by atoms with Gasteiger partial charge in [0, 0.05) is 21.5 Å². The Morgan fingerprint density at radius 3 is 1.15 bits per heavy atom. The molecule has 0 aliphatic heterocycles. The Morgan fingerprint density at radius 2 is 0.812 bits per heavy atom. The Hall–Kier alpha value is -5.56. The topological polar surface area (TPSA) is 72.3 Å². The molecule has 0 aliphatic carbocycles. The first-order valence-corrected chi connectivity index (χ1v) is 15.8. The summed E-state index contributed by atoms with van der Waals surface area (Å²) in [6, 6.07) is 20.8. The maximum absolute atomic E-state index is 13.1. The molecule has 0 fully saturated rings. The monoisotopic (exact) mass is 680 g/mol. The van der Waals surface area contributed by atoms with Crippen LogP contribution in [0.4, 0.5) is 26.3 Å². The molecule has 0 saturated carbocycles. The normalized spacial score (nSPS) is 13.4. The number of alkyl halides is 6. The first-order chi connectivity index (χ1) is 23.0. The lowest BCUT2D eigenvalue weighted by Crippen LogP contribution is -2.04. The van der Waals surface area contributed by atoms with Gasteiger partial charge in [0.25, 0.3) is 0 Å². The highest BCUT2D eigenvalue weighted by Gasteiger charge is 2.31. The van der Waals surface area contributed by atoms with E-state index < -0.39 is 23.5 Å². The quantitative estimate of drug-likeness (QED) is 0.135. The average molecular weight is 681 g/mol. The van der Waals surface area contributed by atoms with E-state index in [4.69, 9.17) is 0 Å². The van der Waals surface area contributed by atoms with Crippen LogP contribution in [0, 0.1) is 22.9 Å². The van der Waals surface area contributed by atoms with Crippen LogP contribution in [0.15, 0.2) is 94.9 Å². The fraction of sp³-hybridized carbons (Fsp3) is 0.0556. The molecule has 0 aliphatic rings. The minimum absolute atomic E-state index is 0.472. The van der Waals surface area contributed by atoms with Crippen LogP contribution in [-0.4, -0.2) is 0 Å². The van der Waals surface area contributed by atoms with Crippen molar-refractivity contribution in [1.29, 1.82) is 10.5 Å². The summed E-state index contributed by atoms with van der Waals surface area (Å²) in [4.78, 5) is 8.32. The smallest absolute Gasteiger partial charge is 0.172 e. The number of nitriles is 2. The third-order valence-electron chi connectivity index (χ3n) is 8.46. The molecule has 2 aromatic heterocycles. The van der Waals surface area contributed by atoms with E-state index in [1.807, 2.05) is 48.8 Å². The molecule has 0 N–H and O–H groups in total. The Morgan fingerprint density at radius 1 is 0.458 bits per heavy atom. The van der Waals surface area contributed by atoms with Gasteiger partial charge in [0.1, 0.15) is 10.7 Å². The van der Waals surface area contributed by atoms with Crippen LogP contribution in [0.5, 0.6) is 0 Å². The first-order valence-electron chi connectivity index (χ1n) is 14.2. The SMILES string of the molecule is N#C/N=c1/c2cc(-c3ccc(C(F)(F)F)cc3)ccc2c2c1sc1c2sc2/c(=N/C#N)c3cc(-c4ccc(C(F)(F)F)cc4)ccc3c21. The van der Waals surface area contributed by atoms with Gasteiger partial charge >= 0.3 is 12.4 Å². The molecule has 0 saturated heterocycles. The van der Waals surface area contributed by atoms with Crippen molar-refractivity contribution in [3.63, 3.8) is 0 Å². The van der Waals surface area contributed by atoms with Gasteiger partial charge in [-0.3, -0.25) is 0 Å². The Balaban J connectivity index is 1.33. The van der Waals surface area contributed by atoms with Crippen molar-refractivity contribution < 1.29 is 26.3 Å². The molecule has 0 spiro atoms. The highest BCUT2D eigenvalue weighted by molar-refractivity contribution is 7.37. The number of hydrogen-bond donors (Lipinski definition) is 0. The molecule has 8 rings (SSSR count). The molecular weight excluding hydrogens is 667 g/mol. The maximum Gasteiger partial charge on any atom is 0.416 e. The predicted molar refractivity (Wildman–Crippen MR) is 175 cm³/mol. The molecule has 0 unspecified atom stereocenters. The predicted octanol–water partition coefficient (Wildman–Crippen LogP) is 10.6. The molecule has 0 atom stereocenters. The van der Waals surface area contributed by atoms with Gasteiger partial charge in [0.05, 0.1) is 29.9 Å². The van der Waals surface area contributed by atoms with Gasteiger partial charge in [-0.2, -0.15) is 46.9 Å². The molecule has 4 nitrogen and oxygen atoms in total. The molecule has 48 heavy (non-hydrogen) atoms. The Labute approximate surface area is 273 Å². The zero-order valence-corrected chi connectivity index (χ0v) is 25.6. The van der Waals surface area contributed by atoms with E-state index in [0.717, 1.165) is 64.6 Å². The second kappa shape index (κ2) is 10.5. The van der Waals surface area contributed by atoms with E-state index in [9.17, 15) is 36.9 Å². The van der Waals surface area contributed by atoms with E-state index in [2.05, 4.69) is 9.98 Å². The van der Waals surface area contributed by atoms with Crippen molar-refractivity contribution >= 4 is 73.8 Å². The first kappa shape index (κ1) is 29.8. The minimum Gasteiger partial charge on any atom is -0.172 e. The minimum atomic E-state index is -4.45. The second-order valence-electron chi connectivity index (χ2n) is 11.1. The highest BCUT2D eigenvalue weighted by Crippen LogP contribution is 2.48. The van der Waals surface area contributed by atoms with Gasteiger partial charge in [-0.1, -0.05) is 48.5 Å². The lowest BCUT2D eigenvalue weighted by Gasteiger charge is -2.08. The van der Waals surface area contributed by atoms with Gasteiger partial charge in [-0.25, -0.2) is 0 Å². The fourth-order valence-corrected chi connectivity index (χ4v) is 9.24. The van der Waals surface area contributed by atoms with Crippen molar-refractivity contribution in [1.82, 2.24) is 0 Å². The van der Waals surface area contributed by atoms with Gasteiger partial charge in [-0.15, -0.1) is 22.7 Å². The molecule has 6 aromatic carbocycles. The number of hydrogen-bond acceptors (Lipinski definition) is 6. The molecule has 8 aromatic rings. The summed E-state index contributed by atoms with van der Waals surface area (Å²) in [6.45, 7) is 0. The molecule has 0 radical (unpaired) electrons. The van der Waals surface area contributed by atoms with Crippen LogP contribution >= 0.6 is 22.7 Å². The van der Waals surface area contributed by atoms with Crippen LogP contribution < -0.4 is 10.7 Å². The van der Waals surface area contributed by atoms with E-state index in [1.54, 1.807) is 0 Å². The number of halogens is 6. The number of nitrogens with zero attached hydrogens (tertiary/aromatic N) is 4. The second-order valence-corrected chi connectivity index (χ2v) is 13.1. The maximum atomic E-state index is 13.1. The van der Waals surface area contributed by atoms with E-state index >= 15 is 0 Å². The van der Waals surface area contributed by atoms with Crippen LogP contribution in [-0.2, 0) is 12.4 Å². The van der Waals surface area contributed by atoms with Crippen molar-refractivity contribution in [3.8, 4) is 34.6 Å². The number of fused-ring (bicyclic) bond motifs is 9. The summed E-state index contributed by atoms with van der Waals surface area (Å²) in [7, 11) is 0. The van der Waals surface area contributed by atoms with Crippen LogP contribution in [0.2, 0.25) is 0 Å². The molecular formula is C36H14F6N4S2. The number of benzene rings is 4. The zero-order chi connectivity index (χ0) is 33.5. The summed E-state index contributed by atoms with van der Waals surface area (Å²) < 4.78 is 82.2. The van der Waals surface area contributed by atoms with E-state index in [0.29, 0.717) is 43.7 Å². The summed E-state index contributed by atoms with van der Waals surface area (Å²) in [5, 5.41) is 25.0. The number of rotatable bonds is 2. The van der Waals surface area contributed by atoms with Crippen LogP contribution in [0.25, 0.3) is 73.4 Å². The molecule has 2 heterocycles. The third kappa shape index (κ3) is 4.48. The van der Waals surface area contributed by atoms with Gasteiger partial charge in [-0.05, 0) is 69.4 Å². The Bertz CT molecular complexity index is 2620. The average Bonchev–Trinajstić information content (AvgIpc) is 3.77. The van der Waals surface area contributed by atoms with E-state index in [-0.39, 0.29) is 0 Å². The van der Waals surface area contributed by atoms with E-state index in [1.165, 1.54) is 46.9 Å². The third-order valence-corrected chi connectivity index (χ3v) is 11.0. The van der Waals surface area contributed by atoms with Crippen LogP contribution in [0.3, 0.4) is 0 Å². The lowest BCUT2D eigenvalue weighted by molar-refractivity contribution is -0.138. The number of thiophene rings is 2. The molecule has 0 bridgehead atoms. The van der Waals surface area contributed by atoms with Crippen molar-refractivity contribution in [2.75, 3.05) is 0 Å². The summed E-state index contributed by atoms with van der Waals surface area (Å²) in [5.74, 6) is 0. The summed E-state index contributed by atoms with van der Waals surface area (Å²) >= 11 is 2.91. The largest absolute Gasteiger partial charge is 0.416 e. The molecule has 12 heteroatoms. The summed E-state index contributed by atoms with van der Waals surface area (Å²) in [5.41, 5.74) is 1.03. The van der Waals surface area contributed by atoms with Crippen molar-refractivity contribution in [3.05, 3.63) is 107 Å². The molecule has 0 amide bonds. The van der Waals surface area contributed by atoms with Gasteiger partial charge in [0.15, 0.2) is 0 Å². The highest BCUT2D eigenvalue weighted by atomic mass is 32.1. The van der Waals surface area contributed by atoms with Crippen molar-refractivity contribution in [2.24, 2.45) is 9.98 Å². The molecule has 232 valence electrons. The van der Waals surface area contributed by atoms with Gasteiger partial charge < -0.3 is 0 Å². The van der Waals surface area contributed by atoms with Gasteiger partial charge in [0.2, 0.25) is 12.4 Å². The standard InChI is InChI=1S/C36H14F6N4S2/c37-35(38,39)21-7-1-17(2-8-21)19-5-11-23-25(13-19)29(45-15-43)31-27(23)33-34(47-31)28-24-12-6-20(14-26(24)30(46-16-44)32(28)48-33)18-3-9-22(10-4-18)36(40,41)42/h1-14H/b45-29-,46-30+. The van der Waals surface area contributed by atoms with Crippen LogP contribution in [0.1, 0.15) is 11.1 Å². The summed E-state index contributed by atoms with van der Waals surface area (Å²) in [6.07, 6.45) is -5.11. The zero-order valence-electron chi connectivity index (χ0n) is 24.0.